The van der Waals surface area contributed by atoms with Crippen molar-refractivity contribution in [3.63, 3.8) is 0 Å². The van der Waals surface area contributed by atoms with E-state index in [0.29, 0.717) is 31.9 Å². The molecule has 0 aromatic heterocycles. The second-order valence-electron chi connectivity index (χ2n) is 6.76. The van der Waals surface area contributed by atoms with E-state index < -0.39 is 9.85 Å². The number of likely N-dealkylation sites (N-methyl/N-ethyl adjacent to an activating group) is 1. The number of piperazine rings is 1. The van der Waals surface area contributed by atoms with E-state index in [1.165, 1.54) is 29.2 Å². The van der Waals surface area contributed by atoms with Gasteiger partial charge >= 0.3 is 0 Å². The number of nitro benzene ring substituents is 2. The van der Waals surface area contributed by atoms with Gasteiger partial charge in [0.15, 0.2) is 0 Å². The number of benzene rings is 2. The minimum absolute atomic E-state index is 0.0167. The Morgan fingerprint density at radius 1 is 0.897 bits per heavy atom. The van der Waals surface area contributed by atoms with E-state index in [4.69, 9.17) is 0 Å². The van der Waals surface area contributed by atoms with Gasteiger partial charge in [-0.1, -0.05) is 0 Å². The van der Waals surface area contributed by atoms with Crippen molar-refractivity contribution in [2.45, 2.75) is 0 Å². The van der Waals surface area contributed by atoms with Crippen LogP contribution in [0.1, 0.15) is 0 Å². The molecule has 3 rings (SSSR count). The fourth-order valence-electron chi connectivity index (χ4n) is 3.19. The van der Waals surface area contributed by atoms with Gasteiger partial charge in [0, 0.05) is 68.9 Å². The van der Waals surface area contributed by atoms with Gasteiger partial charge in [-0.3, -0.25) is 29.9 Å². The molecule has 2 aromatic rings. The van der Waals surface area contributed by atoms with Gasteiger partial charge in [0.1, 0.15) is 0 Å². The Kier molecular flexibility index (Phi) is 6.03. The summed E-state index contributed by atoms with van der Waals surface area (Å²) in [6, 6.07) is 12.3. The van der Waals surface area contributed by atoms with Gasteiger partial charge in [0.05, 0.1) is 16.4 Å². The Morgan fingerprint density at radius 2 is 1.38 bits per heavy atom. The highest BCUT2D eigenvalue weighted by atomic mass is 16.6. The van der Waals surface area contributed by atoms with Crippen molar-refractivity contribution < 1.29 is 14.6 Å². The molecule has 1 saturated heterocycles. The largest absolute Gasteiger partial charge is 0.369 e. The topological polar surface area (TPSA) is 113 Å². The number of nitro groups is 2. The van der Waals surface area contributed by atoms with Gasteiger partial charge in [0.25, 0.3) is 11.4 Å². The minimum Gasteiger partial charge on any atom is -0.369 e. The first-order chi connectivity index (χ1) is 13.8. The zero-order chi connectivity index (χ0) is 21.0. The van der Waals surface area contributed by atoms with Crippen LogP contribution in [0.4, 0.5) is 22.7 Å². The third-order valence-electron chi connectivity index (χ3n) is 4.98. The number of hydrogen-bond acceptors (Lipinski definition) is 7. The molecule has 0 N–H and O–H groups in total. The smallest absolute Gasteiger partial charge is 0.269 e. The molecule has 0 bridgehead atoms. The van der Waals surface area contributed by atoms with Crippen LogP contribution in [0.5, 0.6) is 0 Å². The van der Waals surface area contributed by atoms with Crippen LogP contribution < -0.4 is 9.80 Å². The number of amides is 1. The van der Waals surface area contributed by atoms with Crippen molar-refractivity contribution in [2.75, 3.05) is 49.6 Å². The Bertz CT molecular complexity index is 892. The highest BCUT2D eigenvalue weighted by Gasteiger charge is 2.22. The fourth-order valence-corrected chi connectivity index (χ4v) is 3.19. The molecule has 1 aliphatic rings. The molecule has 0 radical (unpaired) electrons. The van der Waals surface area contributed by atoms with Crippen molar-refractivity contribution in [3.8, 4) is 0 Å². The van der Waals surface area contributed by atoms with Crippen molar-refractivity contribution in [3.05, 3.63) is 68.8 Å². The third kappa shape index (κ3) is 4.85. The van der Waals surface area contributed by atoms with Crippen LogP contribution in [-0.2, 0) is 4.79 Å². The molecule has 10 heteroatoms. The first-order valence-corrected chi connectivity index (χ1v) is 9.08. The first kappa shape index (κ1) is 20.2. The summed E-state index contributed by atoms with van der Waals surface area (Å²) < 4.78 is 0. The van der Waals surface area contributed by atoms with E-state index >= 15 is 0 Å². The number of carbonyl (C=O) groups is 1. The van der Waals surface area contributed by atoms with E-state index in [1.54, 1.807) is 31.3 Å². The fraction of sp³-hybridized carbons (Fsp3) is 0.316. The van der Waals surface area contributed by atoms with Crippen LogP contribution in [0.25, 0.3) is 0 Å². The molecule has 0 spiro atoms. The molecule has 29 heavy (non-hydrogen) atoms. The van der Waals surface area contributed by atoms with Gasteiger partial charge in [-0.25, -0.2) is 0 Å². The molecular weight excluding hydrogens is 378 g/mol. The summed E-state index contributed by atoms with van der Waals surface area (Å²) in [6.45, 7) is 3.06. The molecule has 2 aromatic carbocycles. The maximum absolute atomic E-state index is 12.6. The average molecular weight is 399 g/mol. The number of non-ortho nitro benzene ring substituents is 2. The summed E-state index contributed by atoms with van der Waals surface area (Å²) in [5, 5.41) is 21.5. The molecule has 1 heterocycles. The summed E-state index contributed by atoms with van der Waals surface area (Å²) in [6.07, 6.45) is 0. The van der Waals surface area contributed by atoms with Crippen LogP contribution in [0.15, 0.2) is 48.5 Å². The first-order valence-electron chi connectivity index (χ1n) is 9.08. The van der Waals surface area contributed by atoms with Crippen LogP contribution >= 0.6 is 0 Å². The predicted octanol–water partition coefficient (Wildman–Crippen LogP) is 2.29. The van der Waals surface area contributed by atoms with E-state index in [9.17, 15) is 25.0 Å². The molecule has 0 saturated carbocycles. The second kappa shape index (κ2) is 8.65. The van der Waals surface area contributed by atoms with Crippen LogP contribution in [0.2, 0.25) is 0 Å². The molecule has 10 nitrogen and oxygen atoms in total. The standard InChI is InChI=1S/C19H21N5O5/c1-20(15-2-6-17(7-3-15)23(26)27)19(25)14-21-10-12-22(13-11-21)16-4-8-18(9-5-16)24(28)29/h2-9H,10-14H2,1H3. The van der Waals surface area contributed by atoms with E-state index in [0.717, 1.165) is 5.69 Å². The number of carbonyl (C=O) groups excluding carboxylic acids is 1. The summed E-state index contributed by atoms with van der Waals surface area (Å²) in [5.41, 5.74) is 1.57. The van der Waals surface area contributed by atoms with E-state index in [2.05, 4.69) is 4.90 Å². The lowest BCUT2D eigenvalue weighted by Crippen LogP contribution is -2.49. The normalized spacial score (nSPS) is 14.4. The second-order valence-corrected chi connectivity index (χ2v) is 6.76. The van der Waals surface area contributed by atoms with E-state index in [-0.39, 0.29) is 23.8 Å². The van der Waals surface area contributed by atoms with Gasteiger partial charge in [0.2, 0.25) is 5.91 Å². The molecule has 1 amide bonds. The van der Waals surface area contributed by atoms with Gasteiger partial charge in [-0.15, -0.1) is 0 Å². The van der Waals surface area contributed by atoms with Crippen LogP contribution in [0.3, 0.4) is 0 Å². The number of nitrogens with zero attached hydrogens (tertiary/aromatic N) is 5. The number of rotatable bonds is 6. The Labute approximate surface area is 167 Å². The van der Waals surface area contributed by atoms with Gasteiger partial charge in [-0.2, -0.15) is 0 Å². The van der Waals surface area contributed by atoms with Crippen molar-refractivity contribution in [1.29, 1.82) is 0 Å². The van der Waals surface area contributed by atoms with Crippen molar-refractivity contribution in [2.24, 2.45) is 0 Å². The van der Waals surface area contributed by atoms with E-state index in [1.807, 2.05) is 4.90 Å². The minimum atomic E-state index is -0.476. The van der Waals surface area contributed by atoms with Crippen LogP contribution in [0, 0.1) is 20.2 Å². The van der Waals surface area contributed by atoms with Gasteiger partial charge < -0.3 is 9.80 Å². The average Bonchev–Trinajstić information content (AvgIpc) is 2.74. The maximum atomic E-state index is 12.6. The quantitative estimate of drug-likeness (QED) is 0.541. The van der Waals surface area contributed by atoms with Crippen LogP contribution in [-0.4, -0.2) is 60.4 Å². The summed E-state index contributed by atoms with van der Waals surface area (Å²) in [7, 11) is 1.65. The number of anilines is 2. The maximum Gasteiger partial charge on any atom is 0.269 e. The monoisotopic (exact) mass is 399 g/mol. The lowest BCUT2D eigenvalue weighted by atomic mass is 10.2. The summed E-state index contributed by atoms with van der Waals surface area (Å²) in [4.78, 5) is 38.8. The molecule has 152 valence electrons. The molecule has 0 unspecified atom stereocenters. The predicted molar refractivity (Wildman–Crippen MR) is 108 cm³/mol. The van der Waals surface area contributed by atoms with Gasteiger partial charge in [-0.05, 0) is 24.3 Å². The molecule has 0 aliphatic carbocycles. The Morgan fingerprint density at radius 3 is 1.86 bits per heavy atom. The SMILES string of the molecule is CN(C(=O)CN1CCN(c2ccc([N+](=O)[O-])cc2)CC1)c1ccc([N+](=O)[O-])cc1. The number of hydrogen-bond donors (Lipinski definition) is 0. The lowest BCUT2D eigenvalue weighted by molar-refractivity contribution is -0.385. The zero-order valence-electron chi connectivity index (χ0n) is 15.9. The third-order valence-corrected chi connectivity index (χ3v) is 4.98. The molecule has 0 atom stereocenters. The summed E-state index contributed by atoms with van der Waals surface area (Å²) >= 11 is 0. The Hall–Kier alpha value is -3.53. The van der Waals surface area contributed by atoms with Crippen molar-refractivity contribution in [1.82, 2.24) is 4.90 Å². The zero-order valence-corrected chi connectivity index (χ0v) is 15.9. The lowest BCUT2D eigenvalue weighted by Gasteiger charge is -2.36. The molecular formula is C19H21N5O5. The molecule has 1 fully saturated rings. The highest BCUT2D eigenvalue weighted by molar-refractivity contribution is 5.94. The van der Waals surface area contributed by atoms with Crippen molar-refractivity contribution >= 4 is 28.7 Å². The summed E-state index contributed by atoms with van der Waals surface area (Å²) in [5.74, 6) is -0.0948. The Balaban J connectivity index is 1.52. The highest BCUT2D eigenvalue weighted by Crippen LogP contribution is 2.21. The molecule has 1 aliphatic heterocycles.